The number of benzene rings is 1. The van der Waals surface area contributed by atoms with Crippen LogP contribution in [-0.4, -0.2) is 53.6 Å². The largest absolute Gasteiger partial charge is 0.350 e. The van der Waals surface area contributed by atoms with Crippen molar-refractivity contribution in [3.05, 3.63) is 40.4 Å². The lowest BCUT2D eigenvalue weighted by Crippen LogP contribution is -2.53. The Bertz CT molecular complexity index is 786. The average molecular weight is 346 g/mol. The smallest absolute Gasteiger partial charge is 0.270 e. The molecule has 0 spiro atoms. The van der Waals surface area contributed by atoms with Crippen LogP contribution >= 0.6 is 0 Å². The van der Waals surface area contributed by atoms with Crippen LogP contribution in [0, 0.1) is 10.1 Å². The Balaban J connectivity index is 1.88. The fraction of sp³-hybridized carbons (Fsp3) is 0.412. The van der Waals surface area contributed by atoms with Crippen LogP contribution in [0.2, 0.25) is 0 Å². The number of nitro groups is 1. The molecule has 1 atom stereocenters. The first-order chi connectivity index (χ1) is 12.1. The van der Waals surface area contributed by atoms with E-state index in [1.165, 1.54) is 12.1 Å². The van der Waals surface area contributed by atoms with E-state index in [4.69, 9.17) is 0 Å². The minimum atomic E-state index is -0.432. The molecule has 0 saturated carbocycles. The number of carbonyl (C=O) groups excluding carboxylic acids is 1. The third kappa shape index (κ3) is 3.67. The van der Waals surface area contributed by atoms with Gasteiger partial charge in [-0.25, -0.2) is 4.98 Å². The molecule has 1 aliphatic heterocycles. The van der Waals surface area contributed by atoms with Crippen LogP contribution < -0.4 is 4.90 Å². The molecule has 2 aromatic rings. The molecule has 0 N–H and O–H groups in total. The number of fused-ring (bicyclic) bond motifs is 1. The highest BCUT2D eigenvalue weighted by Gasteiger charge is 2.27. The normalized spacial score (nSPS) is 17.7. The second kappa shape index (κ2) is 7.42. The zero-order valence-electron chi connectivity index (χ0n) is 13.7. The van der Waals surface area contributed by atoms with Crippen molar-refractivity contribution in [3.63, 3.8) is 0 Å². The van der Waals surface area contributed by atoms with Gasteiger partial charge in [0.05, 0.1) is 17.1 Å². The molecule has 1 saturated heterocycles. The Morgan fingerprint density at radius 1 is 1.32 bits per heavy atom. The monoisotopic (exact) mass is 346 g/mol. The van der Waals surface area contributed by atoms with E-state index in [0.29, 0.717) is 43.4 Å². The third-order valence-electron chi connectivity index (χ3n) is 4.50. The van der Waals surface area contributed by atoms with Gasteiger partial charge in [-0.1, -0.05) is 0 Å². The van der Waals surface area contributed by atoms with Gasteiger partial charge in [0.25, 0.3) is 5.69 Å². The predicted molar refractivity (Wildman–Crippen MR) is 92.4 cm³/mol. The van der Waals surface area contributed by atoms with Gasteiger partial charge >= 0.3 is 0 Å². The lowest BCUT2D eigenvalue weighted by molar-refractivity contribution is -0.384. The molecule has 1 aromatic heterocycles. The number of halogens is 1. The van der Waals surface area contributed by atoms with E-state index in [-0.39, 0.29) is 18.4 Å². The number of hydrogen-bond donors (Lipinski definition) is 0. The molecular formula is C17H19FN4O3. The zero-order valence-corrected chi connectivity index (χ0v) is 13.7. The van der Waals surface area contributed by atoms with Crippen molar-refractivity contribution < 1.29 is 14.1 Å². The number of anilines is 1. The van der Waals surface area contributed by atoms with Gasteiger partial charge in [-0.2, -0.15) is 0 Å². The molecule has 1 fully saturated rings. The summed E-state index contributed by atoms with van der Waals surface area (Å²) in [4.78, 5) is 29.9. The summed E-state index contributed by atoms with van der Waals surface area (Å²) in [6.45, 7) is 1.38. The van der Waals surface area contributed by atoms with Gasteiger partial charge in [-0.3, -0.25) is 19.3 Å². The Hall–Kier alpha value is -2.77. The summed E-state index contributed by atoms with van der Waals surface area (Å²) in [5.74, 6) is 0.746. The van der Waals surface area contributed by atoms with Crippen LogP contribution in [-0.2, 0) is 4.79 Å². The maximum Gasteiger partial charge on any atom is 0.270 e. The lowest BCUT2D eigenvalue weighted by atomic mass is 10.1. The van der Waals surface area contributed by atoms with Gasteiger partial charge in [0.2, 0.25) is 6.41 Å². The maximum absolute atomic E-state index is 12.6. The molecule has 2 heterocycles. The van der Waals surface area contributed by atoms with Crippen molar-refractivity contribution in [2.24, 2.45) is 0 Å². The average Bonchev–Trinajstić information content (AvgIpc) is 2.65. The minimum Gasteiger partial charge on any atom is -0.350 e. The topological polar surface area (TPSA) is 79.6 Å². The molecular weight excluding hydrogens is 327 g/mol. The molecule has 132 valence electrons. The summed E-state index contributed by atoms with van der Waals surface area (Å²) in [5, 5.41) is 11.6. The molecule has 7 nitrogen and oxygen atoms in total. The van der Waals surface area contributed by atoms with Crippen molar-refractivity contribution in [3.8, 4) is 0 Å². The highest BCUT2D eigenvalue weighted by molar-refractivity contribution is 5.82. The van der Waals surface area contributed by atoms with Gasteiger partial charge < -0.3 is 9.80 Å². The number of hydrogen-bond acceptors (Lipinski definition) is 5. The Labute approximate surface area is 144 Å². The molecule has 0 aliphatic carbocycles. The van der Waals surface area contributed by atoms with Crippen molar-refractivity contribution in [2.75, 3.05) is 31.2 Å². The SMILES string of the molecule is O=CN1CCN(c2ccc3cc([N+](=O)[O-])ccc3n2)C(CCCF)C1. The van der Waals surface area contributed by atoms with Crippen molar-refractivity contribution in [1.82, 2.24) is 9.88 Å². The lowest BCUT2D eigenvalue weighted by Gasteiger charge is -2.41. The second-order valence-corrected chi connectivity index (χ2v) is 6.08. The number of alkyl halides is 1. The summed E-state index contributed by atoms with van der Waals surface area (Å²) in [6, 6.07) is 8.21. The standard InChI is InChI=1S/C17H19FN4O3/c18-7-1-2-15-11-20(12-23)8-9-21(15)17-6-3-13-10-14(22(24)25)4-5-16(13)19-17/h3-6,10,12,15H,1-2,7-9,11H2. The molecule has 25 heavy (non-hydrogen) atoms. The van der Waals surface area contributed by atoms with Gasteiger partial charge in [0.15, 0.2) is 0 Å². The Morgan fingerprint density at radius 2 is 2.16 bits per heavy atom. The molecule has 0 bridgehead atoms. The number of amides is 1. The zero-order chi connectivity index (χ0) is 17.8. The van der Waals surface area contributed by atoms with E-state index in [9.17, 15) is 19.3 Å². The maximum atomic E-state index is 12.6. The molecule has 1 aliphatic rings. The first kappa shape index (κ1) is 17.1. The van der Waals surface area contributed by atoms with E-state index >= 15 is 0 Å². The van der Waals surface area contributed by atoms with Gasteiger partial charge in [-0.05, 0) is 31.0 Å². The third-order valence-corrected chi connectivity index (χ3v) is 4.50. The summed E-state index contributed by atoms with van der Waals surface area (Å²) >= 11 is 0. The van der Waals surface area contributed by atoms with Crippen LogP contribution in [0.4, 0.5) is 15.9 Å². The number of piperazine rings is 1. The Morgan fingerprint density at radius 3 is 2.88 bits per heavy atom. The molecule has 0 radical (unpaired) electrons. The van der Waals surface area contributed by atoms with Crippen molar-refractivity contribution in [1.29, 1.82) is 0 Å². The molecule has 1 unspecified atom stereocenters. The summed E-state index contributed by atoms with van der Waals surface area (Å²) in [6.07, 6.45) is 1.90. The van der Waals surface area contributed by atoms with Gasteiger partial charge in [0, 0.05) is 43.2 Å². The highest BCUT2D eigenvalue weighted by Crippen LogP contribution is 2.26. The van der Waals surface area contributed by atoms with Crippen molar-refractivity contribution >= 4 is 28.8 Å². The molecule has 1 amide bonds. The highest BCUT2D eigenvalue weighted by atomic mass is 19.1. The summed E-state index contributed by atoms with van der Waals surface area (Å²) < 4.78 is 12.6. The van der Waals surface area contributed by atoms with Crippen LogP contribution in [0.3, 0.4) is 0 Å². The summed E-state index contributed by atoms with van der Waals surface area (Å²) in [7, 11) is 0. The summed E-state index contributed by atoms with van der Waals surface area (Å²) in [5.41, 5.74) is 0.702. The van der Waals surface area contributed by atoms with Gasteiger partial charge in [0.1, 0.15) is 5.82 Å². The fourth-order valence-electron chi connectivity index (χ4n) is 3.21. The first-order valence-electron chi connectivity index (χ1n) is 8.19. The minimum absolute atomic E-state index is 0.0118. The van der Waals surface area contributed by atoms with E-state index in [0.717, 1.165) is 12.2 Å². The number of carbonyl (C=O) groups is 1. The molecule has 8 heteroatoms. The van der Waals surface area contributed by atoms with Crippen LogP contribution in [0.25, 0.3) is 10.9 Å². The number of non-ortho nitro benzene ring substituents is 1. The number of nitrogens with zero attached hydrogens (tertiary/aromatic N) is 4. The predicted octanol–water partition coefficient (Wildman–Crippen LogP) is 2.54. The molecule has 1 aromatic carbocycles. The number of nitro benzene ring substituents is 1. The number of rotatable bonds is 6. The van der Waals surface area contributed by atoms with E-state index in [1.54, 1.807) is 11.0 Å². The fourth-order valence-corrected chi connectivity index (χ4v) is 3.21. The second-order valence-electron chi connectivity index (χ2n) is 6.08. The molecule has 3 rings (SSSR count). The Kier molecular flexibility index (Phi) is 5.06. The van der Waals surface area contributed by atoms with Crippen LogP contribution in [0.5, 0.6) is 0 Å². The quantitative estimate of drug-likeness (QED) is 0.456. The van der Waals surface area contributed by atoms with E-state index < -0.39 is 4.92 Å². The van der Waals surface area contributed by atoms with Crippen LogP contribution in [0.15, 0.2) is 30.3 Å². The van der Waals surface area contributed by atoms with E-state index in [2.05, 4.69) is 9.88 Å². The number of pyridine rings is 1. The number of aromatic nitrogens is 1. The van der Waals surface area contributed by atoms with Crippen molar-refractivity contribution in [2.45, 2.75) is 18.9 Å². The van der Waals surface area contributed by atoms with Crippen LogP contribution in [0.1, 0.15) is 12.8 Å². The van der Waals surface area contributed by atoms with Gasteiger partial charge in [-0.15, -0.1) is 0 Å². The first-order valence-corrected chi connectivity index (χ1v) is 8.19. The van der Waals surface area contributed by atoms with E-state index in [1.807, 2.05) is 12.1 Å².